The van der Waals surface area contributed by atoms with Crippen LogP contribution in [0.15, 0.2) is 30.6 Å². The summed E-state index contributed by atoms with van der Waals surface area (Å²) in [5.74, 6) is -2.16. The van der Waals surface area contributed by atoms with Gasteiger partial charge in [-0.15, -0.1) is 11.8 Å². The topological polar surface area (TPSA) is 123 Å². The standard InChI is InChI=1S/C22H23FN2O8S/c1-11(26)30-17-10-34-22(20(32-13(3)28)19(17)31-12(2)27)33-14-8-16(23)18(25-9-14)15-6-5-7-24-21(15)29-4/h5-9,17,19-20,22H,10H2,1-4H3/t17-,19+,20-,22-/m1/s1. The van der Waals surface area contributed by atoms with Gasteiger partial charge in [-0.3, -0.25) is 14.4 Å². The molecule has 10 nitrogen and oxygen atoms in total. The molecule has 0 N–H and O–H groups in total. The van der Waals surface area contributed by atoms with Gasteiger partial charge in [-0.2, -0.15) is 0 Å². The molecule has 34 heavy (non-hydrogen) atoms. The van der Waals surface area contributed by atoms with E-state index in [9.17, 15) is 18.8 Å². The van der Waals surface area contributed by atoms with Gasteiger partial charge in [-0.1, -0.05) is 0 Å². The van der Waals surface area contributed by atoms with Crippen LogP contribution in [0, 0.1) is 5.82 Å². The van der Waals surface area contributed by atoms with Gasteiger partial charge >= 0.3 is 17.9 Å². The molecular weight excluding hydrogens is 471 g/mol. The number of nitrogens with zero attached hydrogens (tertiary/aromatic N) is 2. The Kier molecular flexibility index (Phi) is 8.26. The van der Waals surface area contributed by atoms with Crippen LogP contribution >= 0.6 is 11.8 Å². The van der Waals surface area contributed by atoms with Crippen LogP contribution in [0.4, 0.5) is 4.39 Å². The summed E-state index contributed by atoms with van der Waals surface area (Å²) in [5, 5.41) is 0. The Hall–Kier alpha value is -3.41. The molecule has 3 heterocycles. The fraction of sp³-hybridized carbons (Fsp3) is 0.409. The second-order valence-electron chi connectivity index (χ2n) is 7.18. The van der Waals surface area contributed by atoms with Gasteiger partial charge in [0.1, 0.15) is 11.4 Å². The van der Waals surface area contributed by atoms with Gasteiger partial charge in [0.2, 0.25) is 5.88 Å². The van der Waals surface area contributed by atoms with E-state index in [1.54, 1.807) is 12.1 Å². The molecule has 2 aromatic heterocycles. The number of aromatic nitrogens is 2. The molecule has 0 spiro atoms. The van der Waals surface area contributed by atoms with E-state index in [1.807, 2.05) is 0 Å². The van der Waals surface area contributed by atoms with Gasteiger partial charge in [0.25, 0.3) is 0 Å². The first-order chi connectivity index (χ1) is 16.2. The van der Waals surface area contributed by atoms with E-state index in [1.165, 1.54) is 40.3 Å². The fourth-order valence-corrected chi connectivity index (χ4v) is 4.58. The first-order valence-electron chi connectivity index (χ1n) is 10.1. The Labute approximate surface area is 199 Å². The monoisotopic (exact) mass is 494 g/mol. The molecule has 12 heteroatoms. The predicted octanol–water partition coefficient (Wildman–Crippen LogP) is 2.54. The van der Waals surface area contributed by atoms with Crippen molar-refractivity contribution in [1.29, 1.82) is 0 Å². The minimum Gasteiger partial charge on any atom is -0.481 e. The highest BCUT2D eigenvalue weighted by atomic mass is 32.2. The summed E-state index contributed by atoms with van der Waals surface area (Å²) in [5.41, 5.74) is -0.532. The maximum absolute atomic E-state index is 14.9. The molecule has 1 aliphatic rings. The average molecular weight is 494 g/mol. The zero-order chi connectivity index (χ0) is 24.8. The van der Waals surface area contributed by atoms with E-state index in [4.69, 9.17) is 23.7 Å². The Morgan fingerprint density at radius 1 is 1.03 bits per heavy atom. The van der Waals surface area contributed by atoms with E-state index in [0.717, 1.165) is 17.8 Å². The molecule has 3 rings (SSSR count). The molecule has 4 atom stereocenters. The van der Waals surface area contributed by atoms with Gasteiger partial charge in [-0.05, 0) is 12.1 Å². The molecule has 1 aliphatic heterocycles. The summed E-state index contributed by atoms with van der Waals surface area (Å²) in [7, 11) is 1.42. The lowest BCUT2D eigenvalue weighted by molar-refractivity contribution is -0.186. The van der Waals surface area contributed by atoms with Crippen molar-refractivity contribution < 1.29 is 42.5 Å². The van der Waals surface area contributed by atoms with Crippen molar-refractivity contribution in [3.05, 3.63) is 36.4 Å². The van der Waals surface area contributed by atoms with Gasteiger partial charge in [0.15, 0.2) is 29.6 Å². The summed E-state index contributed by atoms with van der Waals surface area (Å²) in [6.07, 6.45) is -0.310. The highest BCUT2D eigenvalue weighted by Crippen LogP contribution is 2.35. The summed E-state index contributed by atoms with van der Waals surface area (Å²) in [6, 6.07) is 4.37. The molecule has 0 radical (unpaired) electrons. The van der Waals surface area contributed by atoms with Crippen LogP contribution in [0.3, 0.4) is 0 Å². The normalized spacial score (nSPS) is 21.8. The molecule has 0 bridgehead atoms. The molecule has 2 aromatic rings. The number of rotatable bonds is 7. The van der Waals surface area contributed by atoms with Gasteiger partial charge in [0, 0.05) is 38.8 Å². The Balaban J connectivity index is 1.87. The number of hydrogen-bond donors (Lipinski definition) is 0. The summed E-state index contributed by atoms with van der Waals surface area (Å²) >= 11 is 1.15. The number of halogens is 1. The fourth-order valence-electron chi connectivity index (χ4n) is 3.36. The number of esters is 3. The van der Waals surface area contributed by atoms with E-state index in [0.29, 0.717) is 5.56 Å². The summed E-state index contributed by atoms with van der Waals surface area (Å²) < 4.78 is 41.9. The summed E-state index contributed by atoms with van der Waals surface area (Å²) in [4.78, 5) is 43.1. The Morgan fingerprint density at radius 3 is 2.32 bits per heavy atom. The minimum absolute atomic E-state index is 0.0119. The van der Waals surface area contributed by atoms with E-state index < -0.39 is 47.5 Å². The van der Waals surface area contributed by atoms with Crippen molar-refractivity contribution in [2.75, 3.05) is 12.9 Å². The van der Waals surface area contributed by atoms with Crippen LogP contribution in [-0.2, 0) is 28.6 Å². The van der Waals surface area contributed by atoms with Crippen molar-refractivity contribution in [2.24, 2.45) is 0 Å². The quantitative estimate of drug-likeness (QED) is 0.417. The zero-order valence-corrected chi connectivity index (χ0v) is 19.7. The molecule has 0 aliphatic carbocycles. The number of carbonyl (C=O) groups is 3. The van der Waals surface area contributed by atoms with Crippen LogP contribution in [-0.4, -0.2) is 64.5 Å². The van der Waals surface area contributed by atoms with Gasteiger partial charge < -0.3 is 23.7 Å². The van der Waals surface area contributed by atoms with Crippen molar-refractivity contribution in [3.8, 4) is 22.9 Å². The second-order valence-corrected chi connectivity index (χ2v) is 8.31. The maximum atomic E-state index is 14.9. The molecule has 0 amide bonds. The molecular formula is C22H23FN2O8S. The lowest BCUT2D eigenvalue weighted by Crippen LogP contribution is -2.55. The number of pyridine rings is 2. The minimum atomic E-state index is -1.13. The first kappa shape index (κ1) is 25.2. The third-order valence-electron chi connectivity index (χ3n) is 4.59. The number of thioether (sulfide) groups is 1. The third kappa shape index (κ3) is 6.13. The number of methoxy groups -OCH3 is 1. The van der Waals surface area contributed by atoms with Gasteiger partial charge in [0.05, 0.1) is 18.9 Å². The van der Waals surface area contributed by atoms with E-state index in [2.05, 4.69) is 9.97 Å². The van der Waals surface area contributed by atoms with Crippen molar-refractivity contribution in [3.63, 3.8) is 0 Å². The Morgan fingerprint density at radius 2 is 1.71 bits per heavy atom. The lowest BCUT2D eigenvalue weighted by Gasteiger charge is -2.39. The highest BCUT2D eigenvalue weighted by molar-refractivity contribution is 7.99. The van der Waals surface area contributed by atoms with Crippen LogP contribution in [0.1, 0.15) is 20.8 Å². The molecule has 0 saturated carbocycles. The third-order valence-corrected chi connectivity index (χ3v) is 5.81. The molecule has 1 fully saturated rings. The number of hydrogen-bond acceptors (Lipinski definition) is 11. The van der Waals surface area contributed by atoms with Crippen LogP contribution in [0.25, 0.3) is 11.3 Å². The van der Waals surface area contributed by atoms with E-state index >= 15 is 0 Å². The largest absolute Gasteiger partial charge is 0.481 e. The van der Waals surface area contributed by atoms with Crippen molar-refractivity contribution in [2.45, 2.75) is 44.5 Å². The van der Waals surface area contributed by atoms with Crippen molar-refractivity contribution >= 4 is 29.7 Å². The molecule has 0 unspecified atom stereocenters. The van der Waals surface area contributed by atoms with Crippen molar-refractivity contribution in [1.82, 2.24) is 9.97 Å². The molecule has 182 valence electrons. The SMILES string of the molecule is COc1ncccc1-c1ncc(O[C@@H]2SC[C@@H](OC(C)=O)[C@H](OC(C)=O)[C@H]2OC(C)=O)cc1F. The average Bonchev–Trinajstić information content (AvgIpc) is 2.77. The predicted molar refractivity (Wildman–Crippen MR) is 118 cm³/mol. The van der Waals surface area contributed by atoms with Crippen LogP contribution in [0.2, 0.25) is 0 Å². The summed E-state index contributed by atoms with van der Waals surface area (Å²) in [6.45, 7) is 3.57. The Bertz CT molecular complexity index is 1070. The molecule has 1 saturated heterocycles. The van der Waals surface area contributed by atoms with Gasteiger partial charge in [-0.25, -0.2) is 14.4 Å². The van der Waals surface area contributed by atoms with Crippen LogP contribution in [0.5, 0.6) is 11.6 Å². The van der Waals surface area contributed by atoms with Crippen LogP contribution < -0.4 is 9.47 Å². The number of carbonyl (C=O) groups excluding carboxylic acids is 3. The molecule has 0 aromatic carbocycles. The maximum Gasteiger partial charge on any atom is 0.303 e. The second kappa shape index (κ2) is 11.1. The highest BCUT2D eigenvalue weighted by Gasteiger charge is 2.47. The first-order valence-corrected chi connectivity index (χ1v) is 11.2. The lowest BCUT2D eigenvalue weighted by atomic mass is 10.1. The smallest absolute Gasteiger partial charge is 0.303 e. The number of ether oxygens (including phenoxy) is 5. The van der Waals surface area contributed by atoms with E-state index in [-0.39, 0.29) is 23.1 Å². The zero-order valence-electron chi connectivity index (χ0n) is 18.8.